The number of amides is 2. The lowest BCUT2D eigenvalue weighted by molar-refractivity contribution is -0.200. The van der Waals surface area contributed by atoms with Crippen LogP contribution >= 0.6 is 0 Å². The Hall–Kier alpha value is -2.51. The fourth-order valence-corrected chi connectivity index (χ4v) is 8.26. The molecule has 0 aromatic rings. The zero-order valence-electron chi connectivity index (χ0n) is 21.0. The predicted octanol–water partition coefficient (Wildman–Crippen LogP) is 4.13. The number of nitrogens with zero attached hydrogens (tertiary/aromatic N) is 2. The second-order valence-corrected chi connectivity index (χ2v) is 11.7. The van der Waals surface area contributed by atoms with E-state index in [1.54, 1.807) is 6.92 Å². The quantitative estimate of drug-likeness (QED) is 0.429. The van der Waals surface area contributed by atoms with Crippen molar-refractivity contribution in [3.8, 4) is 0 Å². The molecule has 0 N–H and O–H groups in total. The van der Waals surface area contributed by atoms with Gasteiger partial charge in [0.25, 0.3) is 11.8 Å². The van der Waals surface area contributed by atoms with Gasteiger partial charge in [0.05, 0.1) is 5.71 Å². The monoisotopic (exact) mass is 484 g/mol. The molecule has 6 atom stereocenters. The predicted molar refractivity (Wildman–Crippen MR) is 126 cm³/mol. The molecule has 0 bridgehead atoms. The Morgan fingerprint density at radius 3 is 2.46 bits per heavy atom. The summed E-state index contributed by atoms with van der Waals surface area (Å²) in [6.07, 6.45) is 10.8. The molecule has 3 saturated carbocycles. The Balaban J connectivity index is 1.22. The molecule has 0 radical (unpaired) electrons. The van der Waals surface area contributed by atoms with Gasteiger partial charge in [-0.15, -0.1) is 5.06 Å². The van der Waals surface area contributed by atoms with E-state index in [1.165, 1.54) is 18.4 Å². The van der Waals surface area contributed by atoms with Crippen LogP contribution in [0.15, 0.2) is 16.8 Å². The molecule has 4 aliphatic carbocycles. The van der Waals surface area contributed by atoms with Gasteiger partial charge >= 0.3 is 5.97 Å². The minimum absolute atomic E-state index is 0.0563. The van der Waals surface area contributed by atoms with E-state index in [4.69, 9.17) is 9.68 Å². The summed E-state index contributed by atoms with van der Waals surface area (Å²) in [5, 5.41) is 4.69. The van der Waals surface area contributed by atoms with Crippen LogP contribution < -0.4 is 0 Å². The zero-order valence-corrected chi connectivity index (χ0v) is 21.0. The number of hydrogen-bond acceptors (Lipinski definition) is 7. The largest absolute Gasteiger partial charge is 0.383 e. The van der Waals surface area contributed by atoms with E-state index < -0.39 is 24.4 Å². The van der Waals surface area contributed by atoms with Gasteiger partial charge in [0.1, 0.15) is 5.78 Å². The second kappa shape index (κ2) is 8.86. The molecule has 0 unspecified atom stereocenters. The number of hydrogen-bond donors (Lipinski definition) is 0. The highest BCUT2D eigenvalue weighted by atomic mass is 16.7. The maximum absolute atomic E-state index is 12.3. The molecule has 190 valence electrons. The lowest BCUT2D eigenvalue weighted by Gasteiger charge is -2.58. The number of carbonyl (C=O) groups is 4. The van der Waals surface area contributed by atoms with Gasteiger partial charge in [-0.3, -0.25) is 14.4 Å². The van der Waals surface area contributed by atoms with Crippen molar-refractivity contribution in [2.24, 2.45) is 39.7 Å². The molecular formula is C27H36N2O6. The van der Waals surface area contributed by atoms with Gasteiger partial charge < -0.3 is 9.68 Å². The van der Waals surface area contributed by atoms with Crippen molar-refractivity contribution < 1.29 is 28.9 Å². The highest BCUT2D eigenvalue weighted by Gasteiger charge is 2.59. The van der Waals surface area contributed by atoms with Gasteiger partial charge in [-0.2, -0.15) is 0 Å². The topological polar surface area (TPSA) is 102 Å². The maximum atomic E-state index is 12.3. The smallest absolute Gasteiger partial charge is 0.373 e. The zero-order chi connectivity index (χ0) is 25.0. The number of oxime groups is 1. The van der Waals surface area contributed by atoms with Gasteiger partial charge in [0.2, 0.25) is 6.61 Å². The number of rotatable bonds is 5. The lowest BCUT2D eigenvalue weighted by Crippen LogP contribution is -2.51. The number of allylic oxidation sites excluding steroid dienone is 2. The standard InChI is InChI=1S/C27H36N2O6/c1-16(30)20-6-7-21-19-5-4-17-14-18(10-12-26(17,2)22(19)11-13-27(20,21)3)28-34-15-25(33)35-29-23(31)8-9-24(29)32/h14,19-22H,4-13,15H2,1-3H3/b28-18+/t19-,20+,21+,22-,26+,27-/m1/s1. The fourth-order valence-electron chi connectivity index (χ4n) is 8.26. The third kappa shape index (κ3) is 4.02. The molecule has 8 nitrogen and oxygen atoms in total. The van der Waals surface area contributed by atoms with Crippen LogP contribution in [0, 0.1) is 34.5 Å². The van der Waals surface area contributed by atoms with Crippen molar-refractivity contribution in [1.82, 2.24) is 5.06 Å². The molecule has 5 aliphatic rings. The van der Waals surface area contributed by atoms with E-state index in [2.05, 4.69) is 25.1 Å². The summed E-state index contributed by atoms with van der Waals surface area (Å²) < 4.78 is 0. The molecule has 0 aromatic heterocycles. The Morgan fingerprint density at radius 1 is 1.00 bits per heavy atom. The van der Waals surface area contributed by atoms with Crippen molar-refractivity contribution in [1.29, 1.82) is 0 Å². The van der Waals surface area contributed by atoms with Crippen LogP contribution in [0.3, 0.4) is 0 Å². The molecular weight excluding hydrogens is 448 g/mol. The minimum Gasteiger partial charge on any atom is -0.383 e. The van der Waals surface area contributed by atoms with Gasteiger partial charge in [-0.05, 0) is 93.0 Å². The van der Waals surface area contributed by atoms with Crippen LogP contribution in [0.5, 0.6) is 0 Å². The maximum Gasteiger partial charge on any atom is 0.373 e. The van der Waals surface area contributed by atoms with E-state index in [9.17, 15) is 19.2 Å². The first-order valence-corrected chi connectivity index (χ1v) is 13.1. The van der Waals surface area contributed by atoms with Crippen LogP contribution in [0.1, 0.15) is 85.0 Å². The molecule has 5 rings (SSSR count). The highest BCUT2D eigenvalue weighted by molar-refractivity contribution is 6.01. The first-order valence-electron chi connectivity index (χ1n) is 13.1. The minimum atomic E-state index is -0.822. The molecule has 8 heteroatoms. The average molecular weight is 485 g/mol. The summed E-state index contributed by atoms with van der Waals surface area (Å²) in [6, 6.07) is 0. The summed E-state index contributed by atoms with van der Waals surface area (Å²) in [5.41, 5.74) is 2.55. The van der Waals surface area contributed by atoms with Crippen molar-refractivity contribution in [3.63, 3.8) is 0 Å². The Labute approximate surface area is 206 Å². The summed E-state index contributed by atoms with van der Waals surface area (Å²) >= 11 is 0. The van der Waals surface area contributed by atoms with Crippen molar-refractivity contribution in [2.75, 3.05) is 6.61 Å². The number of ketones is 1. The summed E-state index contributed by atoms with van der Waals surface area (Å²) in [5.74, 6) is 0.716. The van der Waals surface area contributed by atoms with Crippen molar-refractivity contribution in [3.05, 3.63) is 11.6 Å². The molecule has 1 aliphatic heterocycles. The average Bonchev–Trinajstić information content (AvgIpc) is 3.33. The fraction of sp³-hybridized carbons (Fsp3) is 0.741. The van der Waals surface area contributed by atoms with E-state index >= 15 is 0 Å². The van der Waals surface area contributed by atoms with Crippen LogP contribution in [-0.4, -0.2) is 40.9 Å². The second-order valence-electron chi connectivity index (χ2n) is 11.7. The number of hydroxylamine groups is 2. The summed E-state index contributed by atoms with van der Waals surface area (Å²) in [7, 11) is 0. The lowest BCUT2D eigenvalue weighted by atomic mass is 9.46. The molecule has 0 aromatic carbocycles. The summed E-state index contributed by atoms with van der Waals surface area (Å²) in [6.45, 7) is 6.12. The van der Waals surface area contributed by atoms with Gasteiger partial charge in [0.15, 0.2) is 0 Å². The van der Waals surface area contributed by atoms with Crippen molar-refractivity contribution >= 4 is 29.3 Å². The first kappa shape index (κ1) is 24.2. The molecule has 4 fully saturated rings. The number of fused-ring (bicyclic) bond motifs is 5. The van der Waals surface area contributed by atoms with Crippen LogP contribution in [0.4, 0.5) is 0 Å². The van der Waals surface area contributed by atoms with Gasteiger partial charge in [-0.25, -0.2) is 4.79 Å². The Morgan fingerprint density at radius 2 is 1.74 bits per heavy atom. The normalized spacial score (nSPS) is 39.6. The van der Waals surface area contributed by atoms with Crippen LogP contribution in [0.2, 0.25) is 0 Å². The van der Waals surface area contributed by atoms with Crippen LogP contribution in [-0.2, 0) is 28.9 Å². The van der Waals surface area contributed by atoms with Gasteiger partial charge in [-0.1, -0.05) is 24.6 Å². The Kier molecular flexibility index (Phi) is 6.12. The van der Waals surface area contributed by atoms with Gasteiger partial charge in [0, 0.05) is 18.8 Å². The van der Waals surface area contributed by atoms with Crippen molar-refractivity contribution in [2.45, 2.75) is 85.0 Å². The number of imide groups is 1. The molecule has 1 saturated heterocycles. The van der Waals surface area contributed by atoms with E-state index in [0.717, 1.165) is 44.2 Å². The molecule has 0 spiro atoms. The number of carbonyl (C=O) groups excluding carboxylic acids is 4. The number of Topliss-reactive ketones (excluding diaryl/α,β-unsaturated/α-hetero) is 1. The third-order valence-electron chi connectivity index (χ3n) is 10.0. The SMILES string of the molecule is CC(=O)[C@@H]1CC[C@H]2[C@H]3CCC4=C/C(=N/OCC(=O)ON5C(=O)CCC5=O)CC[C@]4(C)[C@@H]3CC[C@]12C. The highest BCUT2D eigenvalue weighted by Crippen LogP contribution is 2.66. The van der Waals surface area contributed by atoms with E-state index in [-0.39, 0.29) is 29.6 Å². The summed E-state index contributed by atoms with van der Waals surface area (Å²) in [4.78, 5) is 57.5. The van der Waals surface area contributed by atoms with E-state index in [0.29, 0.717) is 28.6 Å². The van der Waals surface area contributed by atoms with E-state index in [1.807, 2.05) is 0 Å². The van der Waals surface area contributed by atoms with Crippen LogP contribution in [0.25, 0.3) is 0 Å². The first-order chi connectivity index (χ1) is 16.6. The molecule has 1 heterocycles. The third-order valence-corrected chi connectivity index (χ3v) is 10.0. The molecule has 35 heavy (non-hydrogen) atoms. The molecule has 2 amide bonds. The Bertz CT molecular complexity index is 1000.